The number of carbonyl (C=O) groups excluding carboxylic acids is 2. The predicted molar refractivity (Wildman–Crippen MR) is 107 cm³/mol. The zero-order chi connectivity index (χ0) is 21.4. The molecule has 2 aromatic carbocycles. The van der Waals surface area contributed by atoms with Crippen LogP contribution in [0.1, 0.15) is 36.7 Å². The quantitative estimate of drug-likeness (QED) is 0.618. The van der Waals surface area contributed by atoms with E-state index in [1.54, 1.807) is 12.1 Å². The minimum absolute atomic E-state index is 0.0725. The van der Waals surface area contributed by atoms with Crippen molar-refractivity contribution in [3.63, 3.8) is 0 Å². The number of nitrogens with zero attached hydrogens (tertiary/aromatic N) is 1. The zero-order valence-corrected chi connectivity index (χ0v) is 16.3. The van der Waals surface area contributed by atoms with Crippen LogP contribution in [0.2, 0.25) is 0 Å². The maximum Gasteiger partial charge on any atom is 0.346 e. The second-order valence-corrected chi connectivity index (χ2v) is 7.78. The van der Waals surface area contributed by atoms with Gasteiger partial charge in [0.15, 0.2) is 0 Å². The van der Waals surface area contributed by atoms with Gasteiger partial charge < -0.3 is 5.11 Å². The summed E-state index contributed by atoms with van der Waals surface area (Å²) in [6, 6.07) is 10.2. The average Bonchev–Trinajstić information content (AvgIpc) is 3.12. The maximum atomic E-state index is 14.6. The van der Waals surface area contributed by atoms with Crippen LogP contribution in [-0.4, -0.2) is 22.9 Å². The van der Waals surface area contributed by atoms with Crippen LogP contribution in [0.4, 0.5) is 14.5 Å². The minimum atomic E-state index is -1.27. The van der Waals surface area contributed by atoms with Gasteiger partial charge in [-0.25, -0.2) is 18.5 Å². The lowest BCUT2D eigenvalue weighted by atomic mass is 9.99. The summed E-state index contributed by atoms with van der Waals surface area (Å²) >= 11 is 0.867. The maximum absolute atomic E-state index is 14.6. The van der Waals surface area contributed by atoms with Gasteiger partial charge in [-0.05, 0) is 59.2 Å². The molecule has 2 amide bonds. The van der Waals surface area contributed by atoms with Crippen LogP contribution in [0.25, 0.3) is 0 Å². The average molecular weight is 427 g/mol. The topological polar surface area (TPSA) is 74.7 Å². The van der Waals surface area contributed by atoms with Crippen molar-refractivity contribution in [2.75, 3.05) is 4.90 Å². The van der Waals surface area contributed by atoms with E-state index in [9.17, 15) is 28.3 Å². The summed E-state index contributed by atoms with van der Waals surface area (Å²) < 4.78 is 27.9. The van der Waals surface area contributed by atoms with Gasteiger partial charge in [0.25, 0.3) is 5.91 Å². The first-order chi connectivity index (χ1) is 14.3. The Morgan fingerprint density at radius 1 is 1.07 bits per heavy atom. The Morgan fingerprint density at radius 3 is 2.50 bits per heavy atom. The Bertz CT molecular complexity index is 1190. The molecule has 30 heavy (non-hydrogen) atoms. The van der Waals surface area contributed by atoms with Gasteiger partial charge in [0.05, 0.1) is 17.7 Å². The lowest BCUT2D eigenvalue weighted by molar-refractivity contribution is -0.117. The lowest BCUT2D eigenvalue weighted by Gasteiger charge is -2.26. The van der Waals surface area contributed by atoms with Gasteiger partial charge in [-0.3, -0.25) is 9.59 Å². The highest BCUT2D eigenvalue weighted by atomic mass is 32.1. The SMILES string of the molecule is O=C(O)c1scc2c1C(=O)N(c1cc(CCc3cccc(F)c3)ccc1F)C(=O)C2. The Hall–Kier alpha value is -3.39. The summed E-state index contributed by atoms with van der Waals surface area (Å²) in [7, 11) is 0. The Labute approximate surface area is 174 Å². The van der Waals surface area contributed by atoms with E-state index in [1.165, 1.54) is 29.6 Å². The van der Waals surface area contributed by atoms with E-state index in [1.807, 2.05) is 0 Å². The predicted octanol–water partition coefficient (Wildman–Crippen LogP) is 4.24. The number of thiophene rings is 1. The molecule has 1 aliphatic rings. The summed E-state index contributed by atoms with van der Waals surface area (Å²) in [5.41, 5.74) is 1.48. The molecule has 0 saturated heterocycles. The van der Waals surface area contributed by atoms with Crippen molar-refractivity contribution in [1.82, 2.24) is 0 Å². The third-order valence-corrected chi connectivity index (χ3v) is 5.93. The smallest absolute Gasteiger partial charge is 0.346 e. The number of amides is 2. The molecule has 4 rings (SSSR count). The standard InChI is InChI=1S/C22H15F2NO4S/c23-15-3-1-2-12(8-15)4-5-13-6-7-16(24)17(9-13)25-18(26)10-14-11-30-20(22(28)29)19(14)21(25)27/h1-3,6-9,11H,4-5,10H2,(H,28,29). The molecule has 1 aromatic heterocycles. The van der Waals surface area contributed by atoms with Gasteiger partial charge in [0.2, 0.25) is 5.91 Å². The fourth-order valence-electron chi connectivity index (χ4n) is 3.49. The third-order valence-electron chi connectivity index (χ3n) is 4.91. The fraction of sp³-hybridized carbons (Fsp3) is 0.136. The number of rotatable bonds is 5. The van der Waals surface area contributed by atoms with Gasteiger partial charge in [0.1, 0.15) is 16.5 Å². The fourth-order valence-corrected chi connectivity index (χ4v) is 4.39. The normalized spacial score (nSPS) is 13.5. The summed E-state index contributed by atoms with van der Waals surface area (Å²) in [6.45, 7) is 0. The van der Waals surface area contributed by atoms with Gasteiger partial charge in [-0.15, -0.1) is 11.3 Å². The van der Waals surface area contributed by atoms with Crippen molar-refractivity contribution in [1.29, 1.82) is 0 Å². The van der Waals surface area contributed by atoms with E-state index in [2.05, 4.69) is 0 Å². The molecule has 0 unspecified atom stereocenters. The molecule has 5 nitrogen and oxygen atoms in total. The van der Waals surface area contributed by atoms with Gasteiger partial charge in [-0.2, -0.15) is 0 Å². The second-order valence-electron chi connectivity index (χ2n) is 6.90. The van der Waals surface area contributed by atoms with Crippen molar-refractivity contribution >= 4 is 34.8 Å². The number of hydrogen-bond donors (Lipinski definition) is 1. The van der Waals surface area contributed by atoms with Gasteiger partial charge in [0, 0.05) is 0 Å². The van der Waals surface area contributed by atoms with Crippen molar-refractivity contribution < 1.29 is 28.3 Å². The van der Waals surface area contributed by atoms with E-state index in [0.29, 0.717) is 28.9 Å². The van der Waals surface area contributed by atoms with Crippen LogP contribution in [0.5, 0.6) is 0 Å². The first kappa shape index (κ1) is 19.9. The number of carboxylic acid groups (broad SMARTS) is 1. The number of carbonyl (C=O) groups is 3. The molecule has 8 heteroatoms. The molecular formula is C22H15F2NO4S. The minimum Gasteiger partial charge on any atom is -0.477 e. The number of fused-ring (bicyclic) bond motifs is 1. The summed E-state index contributed by atoms with van der Waals surface area (Å²) in [5.74, 6) is -3.85. The molecule has 0 radical (unpaired) electrons. The molecule has 2 heterocycles. The van der Waals surface area contributed by atoms with Crippen LogP contribution < -0.4 is 4.90 Å². The molecule has 0 aliphatic carbocycles. The number of imide groups is 1. The molecule has 3 aromatic rings. The first-order valence-corrected chi connectivity index (χ1v) is 9.97. The number of hydrogen-bond acceptors (Lipinski definition) is 4. The largest absolute Gasteiger partial charge is 0.477 e. The summed E-state index contributed by atoms with van der Waals surface area (Å²) in [5, 5.41) is 10.8. The monoisotopic (exact) mass is 427 g/mol. The van der Waals surface area contributed by atoms with Crippen molar-refractivity contribution in [2.45, 2.75) is 19.3 Å². The summed E-state index contributed by atoms with van der Waals surface area (Å²) in [4.78, 5) is 37.5. The number of aryl methyl sites for hydroxylation is 2. The number of anilines is 1. The number of halogens is 2. The molecule has 0 saturated carbocycles. The molecular weight excluding hydrogens is 412 g/mol. The number of aromatic carboxylic acids is 1. The zero-order valence-electron chi connectivity index (χ0n) is 15.5. The third kappa shape index (κ3) is 3.61. The highest BCUT2D eigenvalue weighted by Gasteiger charge is 2.37. The van der Waals surface area contributed by atoms with Crippen molar-refractivity contribution in [3.05, 3.63) is 86.6 Å². The van der Waals surface area contributed by atoms with Crippen molar-refractivity contribution in [2.24, 2.45) is 0 Å². The molecule has 0 spiro atoms. The molecule has 152 valence electrons. The second kappa shape index (κ2) is 7.79. The van der Waals surface area contributed by atoms with Crippen LogP contribution in [-0.2, 0) is 24.1 Å². The van der Waals surface area contributed by atoms with Crippen LogP contribution in [0.15, 0.2) is 47.8 Å². The first-order valence-electron chi connectivity index (χ1n) is 9.09. The van der Waals surface area contributed by atoms with Crippen LogP contribution in [0, 0.1) is 11.6 Å². The molecule has 0 bridgehead atoms. The Morgan fingerprint density at radius 2 is 1.80 bits per heavy atom. The van der Waals surface area contributed by atoms with E-state index in [-0.39, 0.29) is 28.4 Å². The van der Waals surface area contributed by atoms with Crippen LogP contribution in [0.3, 0.4) is 0 Å². The van der Waals surface area contributed by atoms with Crippen molar-refractivity contribution in [3.8, 4) is 0 Å². The van der Waals surface area contributed by atoms with E-state index >= 15 is 0 Å². The van der Waals surface area contributed by atoms with E-state index in [4.69, 9.17) is 0 Å². The number of benzene rings is 2. The number of carboxylic acids is 1. The molecule has 1 N–H and O–H groups in total. The molecule has 0 atom stereocenters. The van der Waals surface area contributed by atoms with Gasteiger partial charge >= 0.3 is 5.97 Å². The summed E-state index contributed by atoms with van der Waals surface area (Å²) in [6.07, 6.45) is 0.747. The van der Waals surface area contributed by atoms with E-state index in [0.717, 1.165) is 23.0 Å². The molecule has 0 fully saturated rings. The Kier molecular flexibility index (Phi) is 5.17. The highest BCUT2D eigenvalue weighted by Crippen LogP contribution is 2.33. The van der Waals surface area contributed by atoms with E-state index < -0.39 is 23.6 Å². The van der Waals surface area contributed by atoms with Crippen LogP contribution >= 0.6 is 11.3 Å². The highest BCUT2D eigenvalue weighted by molar-refractivity contribution is 7.12. The van der Waals surface area contributed by atoms with Gasteiger partial charge in [-0.1, -0.05) is 18.2 Å². The lowest BCUT2D eigenvalue weighted by Crippen LogP contribution is -2.43. The molecule has 1 aliphatic heterocycles. The Balaban J connectivity index is 1.65.